The van der Waals surface area contributed by atoms with Crippen LogP contribution in [0.25, 0.3) is 0 Å². The molecule has 2 aliphatic rings. The average Bonchev–Trinajstić information content (AvgIpc) is 2.58. The maximum atomic E-state index is 13.2. The molecule has 3 rings (SSSR count). The molecule has 0 N–H and O–H groups in total. The normalized spacial score (nSPS) is 23.6. The van der Waals surface area contributed by atoms with Crippen LogP contribution in [0.4, 0.5) is 4.39 Å². The first-order valence-electron chi connectivity index (χ1n) is 8.95. The van der Waals surface area contributed by atoms with E-state index < -0.39 is 0 Å². The number of benzene rings is 1. The summed E-state index contributed by atoms with van der Waals surface area (Å²) in [6, 6.07) is 6.84. The van der Waals surface area contributed by atoms with Crippen molar-refractivity contribution in [2.75, 3.05) is 32.7 Å². The molecule has 1 atom stereocenters. The van der Waals surface area contributed by atoms with E-state index in [9.17, 15) is 9.18 Å². The van der Waals surface area contributed by atoms with Gasteiger partial charge in [-0.25, -0.2) is 4.39 Å². The summed E-state index contributed by atoms with van der Waals surface area (Å²) >= 11 is 0. The van der Waals surface area contributed by atoms with Gasteiger partial charge in [0.2, 0.25) is 0 Å². The Kier molecular flexibility index (Phi) is 6.83. The summed E-state index contributed by atoms with van der Waals surface area (Å²) in [7, 11) is 0. The highest BCUT2D eigenvalue weighted by Gasteiger charge is 2.44. The molecule has 2 aliphatic heterocycles. The third-order valence-electron chi connectivity index (χ3n) is 5.32. The van der Waals surface area contributed by atoms with E-state index in [0.717, 1.165) is 51.0 Å². The number of hydrogen-bond donors (Lipinski definition) is 0. The van der Waals surface area contributed by atoms with Crippen LogP contribution < -0.4 is 0 Å². The summed E-state index contributed by atoms with van der Waals surface area (Å²) in [5.74, 6) is -0.0596. The number of rotatable bonds is 4. The van der Waals surface area contributed by atoms with Gasteiger partial charge in [-0.3, -0.25) is 4.79 Å². The van der Waals surface area contributed by atoms with Gasteiger partial charge in [-0.05, 0) is 50.8 Å². The Bertz CT molecular complexity index is 591. The zero-order valence-corrected chi connectivity index (χ0v) is 15.9. The number of morpholine rings is 1. The largest absolute Gasteiger partial charge is 0.360 e. The second-order valence-corrected chi connectivity index (χ2v) is 7.02. The average molecular weight is 371 g/mol. The van der Waals surface area contributed by atoms with Crippen molar-refractivity contribution < 1.29 is 13.9 Å². The Hall–Kier alpha value is -1.17. The molecule has 4 nitrogen and oxygen atoms in total. The lowest BCUT2D eigenvalue weighted by Gasteiger charge is -2.49. The van der Waals surface area contributed by atoms with Crippen molar-refractivity contribution in [2.45, 2.75) is 44.8 Å². The van der Waals surface area contributed by atoms with Crippen LogP contribution in [0.15, 0.2) is 24.3 Å². The summed E-state index contributed by atoms with van der Waals surface area (Å²) in [6.07, 6.45) is 2.42. The summed E-state index contributed by atoms with van der Waals surface area (Å²) in [5.41, 5.74) is 0.860. The van der Waals surface area contributed by atoms with E-state index in [1.54, 1.807) is 12.1 Å². The molecule has 1 spiro atoms. The van der Waals surface area contributed by atoms with Gasteiger partial charge >= 0.3 is 0 Å². The Morgan fingerprint density at radius 1 is 1.32 bits per heavy atom. The van der Waals surface area contributed by atoms with Gasteiger partial charge < -0.3 is 14.5 Å². The van der Waals surface area contributed by atoms with E-state index in [0.29, 0.717) is 6.54 Å². The number of carbonyl (C=O) groups excluding carboxylic acids is 1. The Morgan fingerprint density at radius 2 is 2.04 bits per heavy atom. The maximum Gasteiger partial charge on any atom is 0.251 e. The van der Waals surface area contributed by atoms with Gasteiger partial charge in [-0.1, -0.05) is 12.1 Å². The fraction of sp³-hybridized carbons (Fsp3) is 0.632. The number of likely N-dealkylation sites (N-methyl/N-ethyl adjacent to an activating group) is 1. The summed E-state index contributed by atoms with van der Waals surface area (Å²) in [4.78, 5) is 16.4. The smallest absolute Gasteiger partial charge is 0.251 e. The molecule has 1 aromatic carbocycles. The van der Waals surface area contributed by atoms with Crippen LogP contribution in [0, 0.1) is 5.82 Å². The third kappa shape index (κ3) is 4.72. The first-order valence-corrected chi connectivity index (χ1v) is 8.95. The van der Waals surface area contributed by atoms with E-state index >= 15 is 0 Å². The Morgan fingerprint density at radius 3 is 2.68 bits per heavy atom. The molecule has 6 heteroatoms. The van der Waals surface area contributed by atoms with Gasteiger partial charge in [0.15, 0.2) is 0 Å². The van der Waals surface area contributed by atoms with Crippen molar-refractivity contribution in [2.24, 2.45) is 0 Å². The number of hydrogen-bond acceptors (Lipinski definition) is 3. The lowest BCUT2D eigenvalue weighted by molar-refractivity contribution is -0.189. The molecular formula is C19H28ClFN2O2. The zero-order valence-electron chi connectivity index (χ0n) is 15.0. The van der Waals surface area contributed by atoms with Gasteiger partial charge in [-0.15, -0.1) is 12.4 Å². The zero-order chi connectivity index (χ0) is 17.2. The van der Waals surface area contributed by atoms with Crippen molar-refractivity contribution in [3.05, 3.63) is 35.6 Å². The molecule has 0 radical (unpaired) electrons. The van der Waals surface area contributed by atoms with Crippen LogP contribution in [-0.4, -0.2) is 60.1 Å². The fourth-order valence-electron chi connectivity index (χ4n) is 3.85. The second kappa shape index (κ2) is 8.47. The van der Waals surface area contributed by atoms with E-state index in [1.807, 2.05) is 24.8 Å². The van der Waals surface area contributed by atoms with Crippen molar-refractivity contribution in [3.63, 3.8) is 0 Å². The molecule has 140 valence electrons. The lowest BCUT2D eigenvalue weighted by atomic mass is 9.88. The first-order chi connectivity index (χ1) is 11.5. The number of likely N-dealkylation sites (tertiary alicyclic amines) is 1. The van der Waals surface area contributed by atoms with E-state index in [4.69, 9.17) is 4.74 Å². The van der Waals surface area contributed by atoms with Crippen LogP contribution in [0.1, 0.15) is 32.3 Å². The summed E-state index contributed by atoms with van der Waals surface area (Å²) < 4.78 is 19.4. The number of carbonyl (C=O) groups is 1. The predicted molar refractivity (Wildman–Crippen MR) is 98.6 cm³/mol. The monoisotopic (exact) mass is 370 g/mol. The van der Waals surface area contributed by atoms with Crippen molar-refractivity contribution in [1.29, 1.82) is 0 Å². The molecule has 0 unspecified atom stereocenters. The highest BCUT2D eigenvalue weighted by molar-refractivity contribution is 5.85. The van der Waals surface area contributed by atoms with E-state index in [2.05, 4.69) is 4.90 Å². The van der Waals surface area contributed by atoms with Gasteiger partial charge in [0, 0.05) is 32.7 Å². The topological polar surface area (TPSA) is 32.8 Å². The van der Waals surface area contributed by atoms with Gasteiger partial charge in [0.25, 0.3) is 5.91 Å². The van der Waals surface area contributed by atoms with Gasteiger partial charge in [0.1, 0.15) is 11.9 Å². The molecule has 1 amide bonds. The van der Waals surface area contributed by atoms with Crippen LogP contribution in [0.3, 0.4) is 0 Å². The molecule has 0 bridgehead atoms. The van der Waals surface area contributed by atoms with Gasteiger partial charge in [0.05, 0.1) is 5.60 Å². The lowest BCUT2D eigenvalue weighted by Crippen LogP contribution is -2.61. The molecule has 2 fully saturated rings. The summed E-state index contributed by atoms with van der Waals surface area (Å²) in [5, 5.41) is 0. The highest BCUT2D eigenvalue weighted by atomic mass is 35.5. The fourth-order valence-corrected chi connectivity index (χ4v) is 3.85. The van der Waals surface area contributed by atoms with E-state index in [1.165, 1.54) is 6.07 Å². The highest BCUT2D eigenvalue weighted by Crippen LogP contribution is 2.32. The SMILES string of the molecule is CCN1CC2(CCN(CCc3cccc(F)c3)CC2)O[C@H](C)C1=O.Cl. The quantitative estimate of drug-likeness (QED) is 0.817. The predicted octanol–water partition coefficient (Wildman–Crippen LogP) is 2.89. The third-order valence-corrected chi connectivity index (χ3v) is 5.32. The van der Waals surface area contributed by atoms with Crippen LogP contribution in [-0.2, 0) is 16.0 Å². The van der Waals surface area contributed by atoms with Crippen LogP contribution in [0.5, 0.6) is 0 Å². The van der Waals surface area contributed by atoms with Crippen LogP contribution >= 0.6 is 12.4 Å². The first kappa shape index (κ1) is 20.1. The molecule has 2 heterocycles. The second-order valence-electron chi connectivity index (χ2n) is 7.02. The Labute approximate surface area is 155 Å². The summed E-state index contributed by atoms with van der Waals surface area (Å²) in [6.45, 7) is 8.22. The Balaban J connectivity index is 0.00000225. The minimum Gasteiger partial charge on any atom is -0.360 e. The van der Waals surface area contributed by atoms with Crippen molar-refractivity contribution >= 4 is 18.3 Å². The van der Waals surface area contributed by atoms with Crippen LogP contribution in [0.2, 0.25) is 0 Å². The maximum absolute atomic E-state index is 13.2. The van der Waals surface area contributed by atoms with E-state index in [-0.39, 0.29) is 35.8 Å². The minimum atomic E-state index is -0.336. The minimum absolute atomic E-state index is 0. The number of piperidine rings is 1. The van der Waals surface area contributed by atoms with Gasteiger partial charge in [-0.2, -0.15) is 0 Å². The molecule has 2 saturated heterocycles. The standard InChI is InChI=1S/C19H27FN2O2.ClH/c1-3-22-14-19(24-15(2)18(22)23)8-11-21(12-9-19)10-7-16-5-4-6-17(20)13-16;/h4-6,13,15H,3,7-12,14H2,1-2H3;1H/t15-;/m1./s1. The molecule has 0 saturated carbocycles. The molecule has 1 aromatic rings. The van der Waals surface area contributed by atoms with Crippen molar-refractivity contribution in [3.8, 4) is 0 Å². The molecule has 0 aromatic heterocycles. The molecule has 0 aliphatic carbocycles. The number of amides is 1. The van der Waals surface area contributed by atoms with Crippen molar-refractivity contribution in [1.82, 2.24) is 9.80 Å². The number of nitrogens with zero attached hydrogens (tertiary/aromatic N) is 2. The number of halogens is 2. The molecular weight excluding hydrogens is 343 g/mol. The molecule has 25 heavy (non-hydrogen) atoms. The number of ether oxygens (including phenoxy) is 1.